The molecule has 0 saturated carbocycles. The highest BCUT2D eigenvalue weighted by molar-refractivity contribution is 5.94. The Kier molecular flexibility index (Phi) is 9.19. The van der Waals surface area contributed by atoms with Crippen LogP contribution in [0.2, 0.25) is 0 Å². The van der Waals surface area contributed by atoms with E-state index in [1.54, 1.807) is 31.2 Å². The van der Waals surface area contributed by atoms with Crippen LogP contribution in [0.3, 0.4) is 0 Å². The summed E-state index contributed by atoms with van der Waals surface area (Å²) in [6.07, 6.45) is 0.157. The minimum Gasteiger partial charge on any atom is -0.491 e. The third-order valence-corrected chi connectivity index (χ3v) is 3.41. The van der Waals surface area contributed by atoms with E-state index in [2.05, 4.69) is 5.32 Å². The summed E-state index contributed by atoms with van der Waals surface area (Å²) >= 11 is 0. The number of esters is 1. The maximum atomic E-state index is 12.7. The van der Waals surface area contributed by atoms with Crippen LogP contribution in [0.4, 0.5) is 0 Å². The summed E-state index contributed by atoms with van der Waals surface area (Å²) < 4.78 is 10.5. The van der Waals surface area contributed by atoms with Crippen LogP contribution >= 0.6 is 0 Å². The molecule has 2 amide bonds. The molecule has 0 heterocycles. The number of ether oxygens (including phenoxy) is 2. The first-order chi connectivity index (χ1) is 12.3. The molecule has 0 radical (unpaired) electrons. The second-order valence-corrected chi connectivity index (χ2v) is 6.02. The zero-order chi connectivity index (χ0) is 19.5. The molecule has 26 heavy (non-hydrogen) atoms. The van der Waals surface area contributed by atoms with Crippen molar-refractivity contribution < 1.29 is 23.9 Å². The van der Waals surface area contributed by atoms with Crippen LogP contribution in [-0.2, 0) is 14.3 Å². The number of hydrogen-bond donors (Lipinski definition) is 1. The Morgan fingerprint density at radius 2 is 1.77 bits per heavy atom. The fraction of sp³-hybridized carbons (Fsp3) is 0.526. The fourth-order valence-electron chi connectivity index (χ4n) is 2.27. The lowest BCUT2D eigenvalue weighted by Gasteiger charge is -2.23. The molecule has 1 N–H and O–H groups in total. The van der Waals surface area contributed by atoms with E-state index < -0.39 is 0 Å². The van der Waals surface area contributed by atoms with Gasteiger partial charge in [0.1, 0.15) is 5.75 Å². The molecule has 144 valence electrons. The van der Waals surface area contributed by atoms with Gasteiger partial charge in [-0.25, -0.2) is 0 Å². The van der Waals surface area contributed by atoms with Gasteiger partial charge < -0.3 is 19.7 Å². The van der Waals surface area contributed by atoms with E-state index >= 15 is 0 Å². The summed E-state index contributed by atoms with van der Waals surface area (Å²) in [5.41, 5.74) is 0.493. The second kappa shape index (κ2) is 11.1. The van der Waals surface area contributed by atoms with Gasteiger partial charge in [0.05, 0.1) is 19.1 Å². The van der Waals surface area contributed by atoms with E-state index in [0.29, 0.717) is 31.0 Å². The molecule has 7 heteroatoms. The highest BCUT2D eigenvalue weighted by Crippen LogP contribution is 2.15. The molecule has 7 nitrogen and oxygen atoms in total. The quantitative estimate of drug-likeness (QED) is 0.642. The van der Waals surface area contributed by atoms with Gasteiger partial charge in [-0.1, -0.05) is 0 Å². The molecule has 0 unspecified atom stereocenters. The Morgan fingerprint density at radius 3 is 2.31 bits per heavy atom. The lowest BCUT2D eigenvalue weighted by molar-refractivity contribution is -0.143. The first-order valence-electron chi connectivity index (χ1n) is 8.79. The van der Waals surface area contributed by atoms with Gasteiger partial charge in [-0.3, -0.25) is 14.4 Å². The normalized spacial score (nSPS) is 10.3. The fourth-order valence-corrected chi connectivity index (χ4v) is 2.27. The lowest BCUT2D eigenvalue weighted by atomic mass is 10.2. The summed E-state index contributed by atoms with van der Waals surface area (Å²) in [5.74, 6) is -0.0490. The largest absolute Gasteiger partial charge is 0.491 e. The number of amides is 2. The van der Waals surface area contributed by atoms with Crippen LogP contribution in [-0.4, -0.2) is 55.0 Å². The number of carbonyl (C=O) groups is 3. The maximum absolute atomic E-state index is 12.7. The monoisotopic (exact) mass is 364 g/mol. The van der Waals surface area contributed by atoms with Gasteiger partial charge in [0.15, 0.2) is 0 Å². The smallest absolute Gasteiger partial charge is 0.307 e. The predicted molar refractivity (Wildman–Crippen MR) is 98.0 cm³/mol. The van der Waals surface area contributed by atoms with E-state index in [9.17, 15) is 14.4 Å². The molecule has 0 spiro atoms. The van der Waals surface area contributed by atoms with Crippen molar-refractivity contribution in [2.45, 2.75) is 40.2 Å². The number of nitrogens with one attached hydrogen (secondary N) is 1. The van der Waals surface area contributed by atoms with Gasteiger partial charge in [-0.2, -0.15) is 0 Å². The van der Waals surface area contributed by atoms with E-state index in [0.717, 1.165) is 0 Å². The molecule has 0 aromatic heterocycles. The number of hydrogen-bond acceptors (Lipinski definition) is 5. The van der Waals surface area contributed by atoms with Crippen LogP contribution in [0, 0.1) is 0 Å². The highest BCUT2D eigenvalue weighted by atomic mass is 16.5. The number of benzene rings is 1. The van der Waals surface area contributed by atoms with Crippen LogP contribution < -0.4 is 10.1 Å². The average molecular weight is 364 g/mol. The van der Waals surface area contributed by atoms with Crippen LogP contribution in [0.1, 0.15) is 44.5 Å². The van der Waals surface area contributed by atoms with Crippen molar-refractivity contribution in [3.05, 3.63) is 29.8 Å². The van der Waals surface area contributed by atoms with E-state index in [1.807, 2.05) is 13.8 Å². The van der Waals surface area contributed by atoms with Crippen molar-refractivity contribution >= 4 is 17.8 Å². The first-order valence-corrected chi connectivity index (χ1v) is 8.79. The molecule has 0 aliphatic heterocycles. The molecule has 0 aliphatic carbocycles. The van der Waals surface area contributed by atoms with Gasteiger partial charge >= 0.3 is 5.97 Å². The van der Waals surface area contributed by atoms with Gasteiger partial charge in [0.25, 0.3) is 5.91 Å². The van der Waals surface area contributed by atoms with Gasteiger partial charge in [0, 0.05) is 32.1 Å². The molecule has 0 fully saturated rings. The lowest BCUT2D eigenvalue weighted by Crippen LogP contribution is -2.39. The van der Waals surface area contributed by atoms with E-state index in [4.69, 9.17) is 9.47 Å². The third-order valence-electron chi connectivity index (χ3n) is 3.41. The summed E-state index contributed by atoms with van der Waals surface area (Å²) in [4.78, 5) is 36.9. The summed E-state index contributed by atoms with van der Waals surface area (Å²) in [6, 6.07) is 6.86. The Morgan fingerprint density at radius 1 is 1.12 bits per heavy atom. The summed E-state index contributed by atoms with van der Waals surface area (Å²) in [7, 11) is 0. The molecule has 1 aromatic rings. The van der Waals surface area contributed by atoms with Crippen molar-refractivity contribution in [3.8, 4) is 5.75 Å². The van der Waals surface area contributed by atoms with Crippen LogP contribution in [0.25, 0.3) is 0 Å². The maximum Gasteiger partial charge on any atom is 0.307 e. The zero-order valence-corrected chi connectivity index (χ0v) is 15.9. The zero-order valence-electron chi connectivity index (χ0n) is 15.9. The molecule has 1 rings (SSSR count). The summed E-state index contributed by atoms with van der Waals surface area (Å²) in [5, 5.41) is 2.66. The first kappa shape index (κ1) is 21.5. The Hall–Kier alpha value is -2.57. The van der Waals surface area contributed by atoms with Crippen molar-refractivity contribution in [1.29, 1.82) is 0 Å². The number of carbonyl (C=O) groups excluding carboxylic acids is 3. The van der Waals surface area contributed by atoms with Crippen LogP contribution in [0.15, 0.2) is 24.3 Å². The molecule has 0 bridgehead atoms. The van der Waals surface area contributed by atoms with Gasteiger partial charge in [-0.15, -0.1) is 0 Å². The molecular weight excluding hydrogens is 336 g/mol. The number of nitrogens with zero attached hydrogens (tertiary/aromatic N) is 1. The standard InChI is InChI=1S/C19H28N2O5/c1-5-25-18(23)10-12-21(13-11-20-15(4)22)19(24)16-6-8-17(9-7-16)26-14(2)3/h6-9,14H,5,10-13H2,1-4H3,(H,20,22). The van der Waals surface area contributed by atoms with Crippen molar-refractivity contribution in [3.63, 3.8) is 0 Å². The minimum absolute atomic E-state index is 0.0512. The predicted octanol–water partition coefficient (Wildman–Crippen LogP) is 2.01. The molecular formula is C19H28N2O5. The van der Waals surface area contributed by atoms with Crippen molar-refractivity contribution in [2.24, 2.45) is 0 Å². The molecule has 0 saturated heterocycles. The van der Waals surface area contributed by atoms with Crippen LogP contribution in [0.5, 0.6) is 5.75 Å². The van der Waals surface area contributed by atoms with Crippen molar-refractivity contribution in [2.75, 3.05) is 26.2 Å². The Labute approximate surface area is 154 Å². The molecule has 0 aliphatic rings. The average Bonchev–Trinajstić information content (AvgIpc) is 2.57. The molecule has 0 atom stereocenters. The van der Waals surface area contributed by atoms with E-state index in [-0.39, 0.29) is 36.9 Å². The van der Waals surface area contributed by atoms with Gasteiger partial charge in [-0.05, 0) is 45.0 Å². The van der Waals surface area contributed by atoms with Crippen molar-refractivity contribution in [1.82, 2.24) is 10.2 Å². The SMILES string of the molecule is CCOC(=O)CCN(CCNC(C)=O)C(=O)c1ccc(OC(C)C)cc1. The number of rotatable bonds is 10. The highest BCUT2D eigenvalue weighted by Gasteiger charge is 2.17. The second-order valence-electron chi connectivity index (χ2n) is 6.02. The topological polar surface area (TPSA) is 84.9 Å². The Bertz CT molecular complexity index is 598. The molecule has 1 aromatic carbocycles. The van der Waals surface area contributed by atoms with Gasteiger partial charge in [0.2, 0.25) is 5.91 Å². The third kappa shape index (κ3) is 8.00. The minimum atomic E-state index is -0.356. The summed E-state index contributed by atoms with van der Waals surface area (Å²) in [6.45, 7) is 8.16. The Balaban J connectivity index is 2.77. The van der Waals surface area contributed by atoms with E-state index in [1.165, 1.54) is 11.8 Å².